The molecule has 1 aromatic carbocycles. The zero-order valence-electron chi connectivity index (χ0n) is 14.5. The number of aromatic nitrogens is 1. The summed E-state index contributed by atoms with van der Waals surface area (Å²) < 4.78 is 5.91. The summed E-state index contributed by atoms with van der Waals surface area (Å²) in [4.78, 5) is 38.6. The van der Waals surface area contributed by atoms with E-state index in [2.05, 4.69) is 26.2 Å². The number of halogens is 1. The number of aryl methyl sites for hydroxylation is 2. The number of carbonyl (C=O) groups excluding carboxylic acids is 3. The lowest BCUT2D eigenvalue weighted by Gasteiger charge is -2.08. The third-order valence-corrected chi connectivity index (χ3v) is 4.64. The molecule has 0 atom stereocenters. The van der Waals surface area contributed by atoms with E-state index >= 15 is 0 Å². The quantitative estimate of drug-likeness (QED) is 0.585. The molecule has 2 rings (SSSR count). The summed E-state index contributed by atoms with van der Waals surface area (Å²) in [6, 6.07) is 5.39. The highest BCUT2D eigenvalue weighted by Gasteiger charge is 2.21. The van der Waals surface area contributed by atoms with Crippen LogP contribution >= 0.6 is 15.9 Å². The third-order valence-electron chi connectivity index (χ3n) is 3.78. The third kappa shape index (κ3) is 4.36. The lowest BCUT2D eigenvalue weighted by atomic mass is 10.1. The summed E-state index contributed by atoms with van der Waals surface area (Å²) >= 11 is 3.39. The maximum atomic E-state index is 12.2. The van der Waals surface area contributed by atoms with Crippen molar-refractivity contribution in [3.63, 3.8) is 0 Å². The van der Waals surface area contributed by atoms with E-state index < -0.39 is 18.5 Å². The molecule has 2 N–H and O–H groups in total. The van der Waals surface area contributed by atoms with Crippen LogP contribution in [0.15, 0.2) is 22.7 Å². The summed E-state index contributed by atoms with van der Waals surface area (Å²) in [5.41, 5.74) is 3.44. The Balaban J connectivity index is 2.00. The van der Waals surface area contributed by atoms with E-state index in [0.29, 0.717) is 22.5 Å². The number of hydrogen-bond acceptors (Lipinski definition) is 4. The molecular formula is C18H19BrN2O4. The van der Waals surface area contributed by atoms with Crippen LogP contribution in [0.5, 0.6) is 0 Å². The van der Waals surface area contributed by atoms with E-state index in [1.54, 1.807) is 26.0 Å². The monoisotopic (exact) mass is 406 g/mol. The van der Waals surface area contributed by atoms with Crippen molar-refractivity contribution < 1.29 is 19.1 Å². The van der Waals surface area contributed by atoms with Gasteiger partial charge in [-0.1, -0.05) is 22.0 Å². The van der Waals surface area contributed by atoms with Crippen LogP contribution in [0.4, 0.5) is 5.69 Å². The van der Waals surface area contributed by atoms with Crippen LogP contribution in [-0.4, -0.2) is 29.3 Å². The minimum atomic E-state index is -0.673. The van der Waals surface area contributed by atoms with Gasteiger partial charge in [-0.3, -0.25) is 9.59 Å². The van der Waals surface area contributed by atoms with Gasteiger partial charge in [0.15, 0.2) is 12.4 Å². The maximum absolute atomic E-state index is 12.2. The van der Waals surface area contributed by atoms with Crippen molar-refractivity contribution in [2.45, 2.75) is 27.7 Å². The predicted molar refractivity (Wildman–Crippen MR) is 98.1 cm³/mol. The Bertz CT molecular complexity index is 855. The standard InChI is InChI=1S/C18H19BrN2O4/c1-9-5-6-13(7-14(9)19)21-15(23)8-25-18(24)17-10(2)16(12(4)22)11(3)20-17/h5-7,20H,8H2,1-4H3,(H,21,23). The number of hydrogen-bond donors (Lipinski definition) is 2. The van der Waals surface area contributed by atoms with Gasteiger partial charge in [0.2, 0.25) is 0 Å². The summed E-state index contributed by atoms with van der Waals surface area (Å²) in [5, 5.41) is 2.66. The Labute approximate surface area is 154 Å². The summed E-state index contributed by atoms with van der Waals surface area (Å²) in [6.07, 6.45) is 0. The number of nitrogens with one attached hydrogen (secondary N) is 2. The van der Waals surface area contributed by atoms with Gasteiger partial charge in [0.05, 0.1) is 0 Å². The molecule has 0 saturated carbocycles. The molecule has 6 nitrogen and oxygen atoms in total. The summed E-state index contributed by atoms with van der Waals surface area (Å²) in [6.45, 7) is 6.33. The molecule has 0 fully saturated rings. The van der Waals surface area contributed by atoms with E-state index in [9.17, 15) is 14.4 Å². The Hall–Kier alpha value is -2.41. The number of Topliss-reactive ketones (excluding diaryl/α,β-unsaturated/α-hetero) is 1. The lowest BCUT2D eigenvalue weighted by Crippen LogP contribution is -2.21. The number of ketones is 1. The largest absolute Gasteiger partial charge is 0.451 e. The number of aromatic amines is 1. The van der Waals surface area contributed by atoms with E-state index in [1.807, 2.05) is 13.0 Å². The van der Waals surface area contributed by atoms with Gasteiger partial charge in [0.25, 0.3) is 5.91 Å². The van der Waals surface area contributed by atoms with Crippen LogP contribution in [0.1, 0.15) is 44.6 Å². The first-order chi connectivity index (χ1) is 11.7. The molecule has 0 spiro atoms. The van der Waals surface area contributed by atoms with Crippen molar-refractivity contribution in [3.05, 3.63) is 50.8 Å². The second kappa shape index (κ2) is 7.65. The van der Waals surface area contributed by atoms with Gasteiger partial charge in [0.1, 0.15) is 5.69 Å². The second-order valence-corrected chi connectivity index (χ2v) is 6.62. The number of anilines is 1. The van der Waals surface area contributed by atoms with Gasteiger partial charge in [-0.15, -0.1) is 0 Å². The van der Waals surface area contributed by atoms with Gasteiger partial charge in [0, 0.05) is 21.4 Å². The molecule has 25 heavy (non-hydrogen) atoms. The van der Waals surface area contributed by atoms with Crippen LogP contribution in [0.3, 0.4) is 0 Å². The smallest absolute Gasteiger partial charge is 0.355 e. The maximum Gasteiger partial charge on any atom is 0.355 e. The number of benzene rings is 1. The zero-order valence-corrected chi connectivity index (χ0v) is 16.0. The molecule has 0 aliphatic rings. The topological polar surface area (TPSA) is 88.3 Å². The highest BCUT2D eigenvalue weighted by Crippen LogP contribution is 2.21. The molecule has 132 valence electrons. The molecule has 0 saturated heterocycles. The molecule has 0 aliphatic carbocycles. The van der Waals surface area contributed by atoms with E-state index in [-0.39, 0.29) is 11.5 Å². The summed E-state index contributed by atoms with van der Waals surface area (Å²) in [7, 11) is 0. The fourth-order valence-electron chi connectivity index (χ4n) is 2.55. The predicted octanol–water partition coefficient (Wildman–Crippen LogP) is 3.70. The van der Waals surface area contributed by atoms with Crippen molar-refractivity contribution >= 4 is 39.3 Å². The number of H-pyrrole nitrogens is 1. The molecule has 0 aliphatic heterocycles. The highest BCUT2D eigenvalue weighted by atomic mass is 79.9. The first-order valence-corrected chi connectivity index (χ1v) is 8.43. The number of carbonyl (C=O) groups is 3. The average molecular weight is 407 g/mol. The zero-order chi connectivity index (χ0) is 18.7. The fourth-order valence-corrected chi connectivity index (χ4v) is 2.93. The minimum Gasteiger partial charge on any atom is -0.451 e. The first kappa shape index (κ1) is 18.9. The average Bonchev–Trinajstić information content (AvgIpc) is 2.83. The van der Waals surface area contributed by atoms with Crippen molar-refractivity contribution in [3.8, 4) is 0 Å². The van der Waals surface area contributed by atoms with E-state index in [0.717, 1.165) is 10.0 Å². The molecule has 1 heterocycles. The van der Waals surface area contributed by atoms with Crippen molar-refractivity contribution in [2.24, 2.45) is 0 Å². The highest BCUT2D eigenvalue weighted by molar-refractivity contribution is 9.10. The lowest BCUT2D eigenvalue weighted by molar-refractivity contribution is -0.119. The molecule has 1 amide bonds. The first-order valence-electron chi connectivity index (χ1n) is 7.64. The van der Waals surface area contributed by atoms with Crippen LogP contribution in [0, 0.1) is 20.8 Å². The molecule has 7 heteroatoms. The fraction of sp³-hybridized carbons (Fsp3) is 0.278. The number of amides is 1. The number of esters is 1. The molecule has 0 radical (unpaired) electrons. The molecule has 1 aromatic heterocycles. The Morgan fingerprint density at radius 3 is 2.44 bits per heavy atom. The Morgan fingerprint density at radius 2 is 1.88 bits per heavy atom. The SMILES string of the molecule is CC(=O)c1c(C)[nH]c(C(=O)OCC(=O)Nc2ccc(C)c(Br)c2)c1C. The van der Waals surface area contributed by atoms with E-state index in [1.165, 1.54) is 6.92 Å². The molecular weight excluding hydrogens is 388 g/mol. The Morgan fingerprint density at radius 1 is 1.20 bits per heavy atom. The van der Waals surface area contributed by atoms with Crippen LogP contribution in [-0.2, 0) is 9.53 Å². The minimum absolute atomic E-state index is 0.131. The van der Waals surface area contributed by atoms with Crippen molar-refractivity contribution in [1.29, 1.82) is 0 Å². The molecule has 0 bridgehead atoms. The van der Waals surface area contributed by atoms with Crippen LogP contribution in [0.2, 0.25) is 0 Å². The summed E-state index contributed by atoms with van der Waals surface area (Å²) in [5.74, 6) is -1.25. The molecule has 0 unspecified atom stereocenters. The van der Waals surface area contributed by atoms with Gasteiger partial charge >= 0.3 is 5.97 Å². The van der Waals surface area contributed by atoms with Crippen molar-refractivity contribution in [2.75, 3.05) is 11.9 Å². The van der Waals surface area contributed by atoms with Gasteiger partial charge < -0.3 is 15.0 Å². The van der Waals surface area contributed by atoms with Gasteiger partial charge in [-0.25, -0.2) is 4.79 Å². The van der Waals surface area contributed by atoms with Gasteiger partial charge in [-0.05, 0) is 51.0 Å². The number of ether oxygens (including phenoxy) is 1. The van der Waals surface area contributed by atoms with Crippen LogP contribution in [0.25, 0.3) is 0 Å². The van der Waals surface area contributed by atoms with Crippen LogP contribution < -0.4 is 5.32 Å². The Kier molecular flexibility index (Phi) is 5.79. The van der Waals surface area contributed by atoms with Gasteiger partial charge in [-0.2, -0.15) is 0 Å². The van der Waals surface area contributed by atoms with E-state index in [4.69, 9.17) is 4.74 Å². The normalized spacial score (nSPS) is 10.4. The second-order valence-electron chi connectivity index (χ2n) is 5.77. The molecule has 2 aromatic rings. The number of rotatable bonds is 5. The van der Waals surface area contributed by atoms with Crippen molar-refractivity contribution in [1.82, 2.24) is 4.98 Å².